The maximum Gasteiger partial charge on any atom is 0.231 e. The molecule has 0 amide bonds. The topological polar surface area (TPSA) is 64.1 Å². The van der Waals surface area contributed by atoms with Crippen molar-refractivity contribution in [1.29, 1.82) is 0 Å². The zero-order chi connectivity index (χ0) is 18.0. The van der Waals surface area contributed by atoms with Crippen molar-refractivity contribution in [1.82, 2.24) is 10.6 Å². The molecule has 2 fully saturated rings. The first-order valence-corrected chi connectivity index (χ1v) is 9.72. The highest BCUT2D eigenvalue weighted by atomic mass is 16.7. The van der Waals surface area contributed by atoms with E-state index < -0.39 is 0 Å². The van der Waals surface area contributed by atoms with Crippen LogP contribution in [0.4, 0.5) is 0 Å². The molecule has 4 rings (SSSR count). The molecule has 6 nitrogen and oxygen atoms in total. The van der Waals surface area contributed by atoms with Crippen LogP contribution in [0.3, 0.4) is 0 Å². The van der Waals surface area contributed by atoms with E-state index in [1.54, 1.807) is 0 Å². The molecule has 0 aromatic heterocycles. The van der Waals surface area contributed by atoms with Gasteiger partial charge in [0, 0.05) is 31.7 Å². The third kappa shape index (κ3) is 3.11. The maximum absolute atomic E-state index is 5.93. The normalized spacial score (nSPS) is 25.5. The van der Waals surface area contributed by atoms with Crippen molar-refractivity contribution in [2.24, 2.45) is 10.4 Å². The standard InChI is InChI=1S/C20H29N3O3/c1-3-24-18-12-17(20(18)8-4-9-20)23-19(21-2)22-10-7-14-5-6-15-16(11-14)26-13-25-15/h5-6,11,17-18H,3-4,7-10,12-13H2,1-2H3,(H2,21,22,23). The molecule has 0 radical (unpaired) electrons. The number of nitrogens with one attached hydrogen (secondary N) is 2. The van der Waals surface area contributed by atoms with Crippen LogP contribution in [0.1, 0.15) is 38.2 Å². The number of ether oxygens (including phenoxy) is 3. The summed E-state index contributed by atoms with van der Waals surface area (Å²) in [5.41, 5.74) is 1.57. The molecule has 142 valence electrons. The van der Waals surface area contributed by atoms with Crippen molar-refractivity contribution in [3.8, 4) is 11.5 Å². The van der Waals surface area contributed by atoms with E-state index in [1.165, 1.54) is 24.8 Å². The Balaban J connectivity index is 1.26. The van der Waals surface area contributed by atoms with Crippen molar-refractivity contribution in [3.05, 3.63) is 23.8 Å². The first-order chi connectivity index (χ1) is 12.7. The number of aliphatic imine (C=N–C) groups is 1. The summed E-state index contributed by atoms with van der Waals surface area (Å²) >= 11 is 0. The molecule has 0 saturated heterocycles. The zero-order valence-corrected chi connectivity index (χ0v) is 15.7. The Morgan fingerprint density at radius 3 is 2.88 bits per heavy atom. The minimum Gasteiger partial charge on any atom is -0.454 e. The van der Waals surface area contributed by atoms with E-state index in [9.17, 15) is 0 Å². The van der Waals surface area contributed by atoms with Gasteiger partial charge in [0.15, 0.2) is 17.5 Å². The van der Waals surface area contributed by atoms with Gasteiger partial charge >= 0.3 is 0 Å². The fourth-order valence-electron chi connectivity index (χ4n) is 4.42. The van der Waals surface area contributed by atoms with E-state index in [-0.39, 0.29) is 0 Å². The van der Waals surface area contributed by atoms with Crippen LogP contribution >= 0.6 is 0 Å². The molecule has 6 heteroatoms. The summed E-state index contributed by atoms with van der Waals surface area (Å²) < 4.78 is 16.7. The predicted octanol–water partition coefficient (Wildman–Crippen LogP) is 2.47. The average molecular weight is 359 g/mol. The number of benzene rings is 1. The van der Waals surface area contributed by atoms with Crippen molar-refractivity contribution < 1.29 is 14.2 Å². The summed E-state index contributed by atoms with van der Waals surface area (Å²) in [6.07, 6.45) is 6.27. The summed E-state index contributed by atoms with van der Waals surface area (Å²) in [7, 11) is 1.84. The van der Waals surface area contributed by atoms with E-state index in [0.29, 0.717) is 24.4 Å². The maximum atomic E-state index is 5.93. The molecular formula is C20H29N3O3. The van der Waals surface area contributed by atoms with Crippen LogP contribution in [-0.2, 0) is 11.2 Å². The molecule has 2 unspecified atom stereocenters. The lowest BCUT2D eigenvalue weighted by Gasteiger charge is -2.61. The second-order valence-corrected chi connectivity index (χ2v) is 7.40. The van der Waals surface area contributed by atoms with Gasteiger partial charge in [0.05, 0.1) is 6.10 Å². The molecule has 2 N–H and O–H groups in total. The van der Waals surface area contributed by atoms with Crippen LogP contribution in [0.25, 0.3) is 0 Å². The van der Waals surface area contributed by atoms with Crippen LogP contribution < -0.4 is 20.1 Å². The molecular weight excluding hydrogens is 330 g/mol. The summed E-state index contributed by atoms with van der Waals surface area (Å²) in [5, 5.41) is 7.07. The molecule has 1 aliphatic heterocycles. The molecule has 3 aliphatic rings. The Bertz CT molecular complexity index is 672. The van der Waals surface area contributed by atoms with Crippen molar-refractivity contribution in [2.45, 2.75) is 51.2 Å². The van der Waals surface area contributed by atoms with Gasteiger partial charge < -0.3 is 24.8 Å². The fourth-order valence-corrected chi connectivity index (χ4v) is 4.42. The molecule has 1 aromatic rings. The second kappa shape index (κ2) is 7.35. The van der Waals surface area contributed by atoms with Gasteiger partial charge in [-0.15, -0.1) is 0 Å². The van der Waals surface area contributed by atoms with Crippen molar-refractivity contribution >= 4 is 5.96 Å². The summed E-state index contributed by atoms with van der Waals surface area (Å²) in [6, 6.07) is 6.60. The monoisotopic (exact) mass is 359 g/mol. The van der Waals surface area contributed by atoms with Crippen LogP contribution in [0.5, 0.6) is 11.5 Å². The summed E-state index contributed by atoms with van der Waals surface area (Å²) in [4.78, 5) is 4.40. The van der Waals surface area contributed by atoms with E-state index in [1.807, 2.05) is 13.1 Å². The molecule has 26 heavy (non-hydrogen) atoms. The second-order valence-electron chi connectivity index (χ2n) is 7.40. The summed E-state index contributed by atoms with van der Waals surface area (Å²) in [5.74, 6) is 2.56. The average Bonchev–Trinajstić information content (AvgIpc) is 3.05. The van der Waals surface area contributed by atoms with Gasteiger partial charge in [0.25, 0.3) is 0 Å². The highest BCUT2D eigenvalue weighted by Gasteiger charge is 2.59. The van der Waals surface area contributed by atoms with Gasteiger partial charge in [-0.25, -0.2) is 0 Å². The smallest absolute Gasteiger partial charge is 0.231 e. The van der Waals surface area contributed by atoms with Crippen LogP contribution in [0.15, 0.2) is 23.2 Å². The summed E-state index contributed by atoms with van der Waals surface area (Å²) in [6.45, 7) is 4.04. The van der Waals surface area contributed by atoms with E-state index in [4.69, 9.17) is 14.2 Å². The molecule has 2 saturated carbocycles. The third-order valence-corrected chi connectivity index (χ3v) is 6.11. The molecule has 2 aliphatic carbocycles. The van der Waals surface area contributed by atoms with E-state index >= 15 is 0 Å². The van der Waals surface area contributed by atoms with Gasteiger partial charge in [-0.1, -0.05) is 12.5 Å². The van der Waals surface area contributed by atoms with Gasteiger partial charge in [0.1, 0.15) is 0 Å². The van der Waals surface area contributed by atoms with E-state index in [0.717, 1.165) is 43.5 Å². The number of fused-ring (bicyclic) bond motifs is 1. The molecule has 2 atom stereocenters. The lowest BCUT2D eigenvalue weighted by molar-refractivity contribution is -0.168. The van der Waals surface area contributed by atoms with Crippen molar-refractivity contribution in [3.63, 3.8) is 0 Å². The highest BCUT2D eigenvalue weighted by Crippen LogP contribution is 2.57. The van der Waals surface area contributed by atoms with E-state index in [2.05, 4.69) is 34.7 Å². The van der Waals surface area contributed by atoms with Crippen molar-refractivity contribution in [2.75, 3.05) is 27.0 Å². The highest BCUT2D eigenvalue weighted by molar-refractivity contribution is 5.80. The number of rotatable bonds is 6. The number of guanidine groups is 1. The Morgan fingerprint density at radius 2 is 2.15 bits per heavy atom. The lowest BCUT2D eigenvalue weighted by Crippen LogP contribution is -2.68. The van der Waals surface area contributed by atoms with Crippen LogP contribution in [0.2, 0.25) is 0 Å². The Morgan fingerprint density at radius 1 is 1.31 bits per heavy atom. The van der Waals surface area contributed by atoms with Crippen LogP contribution in [0, 0.1) is 5.41 Å². The Kier molecular flexibility index (Phi) is 4.94. The number of hydrogen-bond donors (Lipinski definition) is 2. The minimum absolute atomic E-state index is 0.319. The lowest BCUT2D eigenvalue weighted by atomic mass is 9.51. The third-order valence-electron chi connectivity index (χ3n) is 6.11. The molecule has 1 aromatic carbocycles. The van der Waals surface area contributed by atoms with Gasteiger partial charge in [0.2, 0.25) is 6.79 Å². The Hall–Kier alpha value is -1.95. The zero-order valence-electron chi connectivity index (χ0n) is 15.7. The van der Waals surface area contributed by atoms with Gasteiger partial charge in [-0.05, 0) is 50.3 Å². The largest absolute Gasteiger partial charge is 0.454 e. The molecule has 1 heterocycles. The van der Waals surface area contributed by atoms with Crippen LogP contribution in [-0.4, -0.2) is 45.1 Å². The first-order valence-electron chi connectivity index (χ1n) is 9.72. The number of nitrogens with zero attached hydrogens (tertiary/aromatic N) is 1. The number of hydrogen-bond acceptors (Lipinski definition) is 4. The fraction of sp³-hybridized carbons (Fsp3) is 0.650. The SMILES string of the molecule is CCOC1CC(NC(=NC)NCCc2ccc3c(c2)OCO3)C12CCC2. The first kappa shape index (κ1) is 17.5. The quantitative estimate of drug-likeness (QED) is 0.603. The Labute approximate surface area is 155 Å². The molecule has 0 bridgehead atoms. The minimum atomic E-state index is 0.319. The van der Waals surface area contributed by atoms with Gasteiger partial charge in [-0.2, -0.15) is 0 Å². The molecule has 1 spiro atoms. The predicted molar refractivity (Wildman–Crippen MR) is 101 cm³/mol. The van der Waals surface area contributed by atoms with Gasteiger partial charge in [-0.3, -0.25) is 4.99 Å².